The average molecular weight is 324 g/mol. The Labute approximate surface area is 137 Å². The fourth-order valence-electron chi connectivity index (χ4n) is 4.97. The number of carbonyl (C=O) groups is 1. The van der Waals surface area contributed by atoms with Crippen LogP contribution in [0.25, 0.3) is 0 Å². The quantitative estimate of drug-likeness (QED) is 0.812. The van der Waals surface area contributed by atoms with Crippen LogP contribution in [0, 0.1) is 11.3 Å². The van der Waals surface area contributed by atoms with Crippen molar-refractivity contribution < 1.29 is 19.0 Å². The Hall–Kier alpha value is -0.850. The second-order valence-corrected chi connectivity index (χ2v) is 8.04. The third-order valence-electron chi connectivity index (χ3n) is 6.28. The molecule has 130 valence electrons. The molecule has 2 amide bonds. The van der Waals surface area contributed by atoms with Crippen LogP contribution in [0.5, 0.6) is 0 Å². The molecule has 0 radical (unpaired) electrons. The van der Waals surface area contributed by atoms with Crippen molar-refractivity contribution >= 4 is 6.03 Å². The maximum absolute atomic E-state index is 12.4. The summed E-state index contributed by atoms with van der Waals surface area (Å²) in [6.45, 7) is 6.58. The van der Waals surface area contributed by atoms with Gasteiger partial charge in [0.1, 0.15) is 0 Å². The Balaban J connectivity index is 1.26. The van der Waals surface area contributed by atoms with E-state index >= 15 is 0 Å². The molecule has 23 heavy (non-hydrogen) atoms. The van der Waals surface area contributed by atoms with Gasteiger partial charge in [-0.15, -0.1) is 0 Å². The molecular weight excluding hydrogens is 296 g/mol. The number of urea groups is 1. The topological polar surface area (TPSA) is 68.8 Å². The van der Waals surface area contributed by atoms with Gasteiger partial charge in [0.2, 0.25) is 0 Å². The first-order valence-corrected chi connectivity index (χ1v) is 8.97. The van der Waals surface area contributed by atoms with Crippen LogP contribution < -0.4 is 10.6 Å². The van der Waals surface area contributed by atoms with Crippen molar-refractivity contribution in [1.82, 2.24) is 10.6 Å². The highest BCUT2D eigenvalue weighted by molar-refractivity contribution is 5.75. The largest absolute Gasteiger partial charge is 0.377 e. The molecule has 2 N–H and O–H groups in total. The summed E-state index contributed by atoms with van der Waals surface area (Å²) in [4.78, 5) is 12.4. The number of hydrogen-bond donors (Lipinski definition) is 2. The molecule has 2 heterocycles. The first-order chi connectivity index (χ1) is 11.0. The molecule has 4 fully saturated rings. The minimum absolute atomic E-state index is 0.0284. The van der Waals surface area contributed by atoms with Crippen molar-refractivity contribution in [2.24, 2.45) is 11.3 Å². The summed E-state index contributed by atoms with van der Waals surface area (Å²) in [5, 5.41) is 6.33. The number of amides is 2. The number of ether oxygens (including phenoxy) is 3. The van der Waals surface area contributed by atoms with Crippen LogP contribution in [0.4, 0.5) is 4.79 Å². The van der Waals surface area contributed by atoms with Gasteiger partial charge in [-0.2, -0.15) is 0 Å². The second-order valence-electron chi connectivity index (χ2n) is 8.04. The lowest BCUT2D eigenvalue weighted by atomic mass is 9.57. The number of fused-ring (bicyclic) bond motifs is 1. The van der Waals surface area contributed by atoms with E-state index in [1.54, 1.807) is 0 Å². The minimum atomic E-state index is -0.362. The highest BCUT2D eigenvalue weighted by Crippen LogP contribution is 2.52. The van der Waals surface area contributed by atoms with Crippen molar-refractivity contribution in [2.75, 3.05) is 19.8 Å². The van der Waals surface area contributed by atoms with Crippen molar-refractivity contribution in [3.63, 3.8) is 0 Å². The van der Waals surface area contributed by atoms with E-state index in [4.69, 9.17) is 14.2 Å². The summed E-state index contributed by atoms with van der Waals surface area (Å²) in [6.07, 6.45) is 4.92. The van der Waals surface area contributed by atoms with Crippen LogP contribution in [-0.2, 0) is 14.2 Å². The van der Waals surface area contributed by atoms with Crippen molar-refractivity contribution in [1.29, 1.82) is 0 Å². The zero-order valence-electron chi connectivity index (χ0n) is 14.1. The lowest BCUT2D eigenvalue weighted by Gasteiger charge is -2.54. The fraction of sp³-hybridized carbons (Fsp3) is 0.941. The molecule has 2 aliphatic heterocycles. The standard InChI is InChI=1S/C17H28N2O4/c1-16(2)13(12-5-8-21-14(12)16)19-15(20)18-11-3-6-17(7-4-11)22-9-10-23-17/h11-14H,3-10H2,1-2H3,(H2,18,19,20)/t12-,13+,14-/m0/s1. The number of nitrogens with one attached hydrogen (secondary N) is 2. The first kappa shape index (κ1) is 15.7. The summed E-state index contributed by atoms with van der Waals surface area (Å²) in [6, 6.07) is 0.390. The Morgan fingerprint density at radius 3 is 2.39 bits per heavy atom. The third-order valence-corrected chi connectivity index (χ3v) is 6.28. The third kappa shape index (κ3) is 2.65. The molecule has 0 aromatic carbocycles. The molecule has 0 unspecified atom stereocenters. The molecule has 2 aliphatic carbocycles. The predicted molar refractivity (Wildman–Crippen MR) is 84.0 cm³/mol. The van der Waals surface area contributed by atoms with E-state index in [0.29, 0.717) is 25.2 Å². The van der Waals surface area contributed by atoms with Gasteiger partial charge >= 0.3 is 6.03 Å². The van der Waals surface area contributed by atoms with Gasteiger partial charge in [0, 0.05) is 42.9 Å². The Morgan fingerprint density at radius 1 is 1.00 bits per heavy atom. The van der Waals surface area contributed by atoms with Gasteiger partial charge in [-0.05, 0) is 19.3 Å². The van der Waals surface area contributed by atoms with Gasteiger partial charge in [-0.3, -0.25) is 0 Å². The molecule has 0 bridgehead atoms. The van der Waals surface area contributed by atoms with Crippen molar-refractivity contribution in [3.05, 3.63) is 0 Å². The number of rotatable bonds is 2. The molecule has 4 aliphatic rings. The maximum atomic E-state index is 12.4. The van der Waals surface area contributed by atoms with Gasteiger partial charge in [-0.25, -0.2) is 4.79 Å². The lowest BCUT2D eigenvalue weighted by molar-refractivity contribution is -0.179. The normalized spacial score (nSPS) is 40.4. The van der Waals surface area contributed by atoms with Gasteiger partial charge in [0.05, 0.1) is 19.3 Å². The average Bonchev–Trinajstić information content (AvgIpc) is 3.16. The van der Waals surface area contributed by atoms with Gasteiger partial charge in [-0.1, -0.05) is 13.8 Å². The molecule has 6 heteroatoms. The van der Waals surface area contributed by atoms with Crippen LogP contribution in [0.3, 0.4) is 0 Å². The molecule has 6 nitrogen and oxygen atoms in total. The number of carbonyl (C=O) groups excluding carboxylic acids is 1. The second kappa shape index (κ2) is 5.60. The molecule has 2 saturated heterocycles. The molecule has 0 aromatic heterocycles. The molecule has 1 spiro atoms. The highest BCUT2D eigenvalue weighted by Gasteiger charge is 2.59. The van der Waals surface area contributed by atoms with Gasteiger partial charge in [0.25, 0.3) is 0 Å². The van der Waals surface area contributed by atoms with Gasteiger partial charge < -0.3 is 24.8 Å². The van der Waals surface area contributed by atoms with Crippen LogP contribution >= 0.6 is 0 Å². The smallest absolute Gasteiger partial charge is 0.315 e. The van der Waals surface area contributed by atoms with E-state index in [0.717, 1.165) is 38.7 Å². The fourth-order valence-corrected chi connectivity index (χ4v) is 4.97. The van der Waals surface area contributed by atoms with E-state index in [-0.39, 0.29) is 29.3 Å². The summed E-state index contributed by atoms with van der Waals surface area (Å²) >= 11 is 0. The summed E-state index contributed by atoms with van der Waals surface area (Å²) in [5.41, 5.74) is 0.0284. The van der Waals surface area contributed by atoms with E-state index in [1.807, 2.05) is 0 Å². The SMILES string of the molecule is CC1(C)[C@H](NC(=O)NC2CCC3(CC2)OCCO3)[C@@H]2CCO[C@@H]21. The Morgan fingerprint density at radius 2 is 1.70 bits per heavy atom. The summed E-state index contributed by atoms with van der Waals surface area (Å²) < 4.78 is 17.3. The molecule has 4 rings (SSSR count). The van der Waals surface area contributed by atoms with E-state index in [9.17, 15) is 4.79 Å². The van der Waals surface area contributed by atoms with Crippen LogP contribution in [0.2, 0.25) is 0 Å². The highest BCUT2D eigenvalue weighted by atomic mass is 16.7. The molecule has 3 atom stereocenters. The van der Waals surface area contributed by atoms with E-state index < -0.39 is 0 Å². The zero-order valence-corrected chi connectivity index (χ0v) is 14.1. The number of hydrogen-bond acceptors (Lipinski definition) is 4. The van der Waals surface area contributed by atoms with E-state index in [1.165, 1.54) is 0 Å². The van der Waals surface area contributed by atoms with Gasteiger partial charge in [0.15, 0.2) is 5.79 Å². The van der Waals surface area contributed by atoms with E-state index in [2.05, 4.69) is 24.5 Å². The molecule has 2 saturated carbocycles. The maximum Gasteiger partial charge on any atom is 0.315 e. The lowest BCUT2D eigenvalue weighted by Crippen LogP contribution is -2.68. The van der Waals surface area contributed by atoms with Crippen molar-refractivity contribution in [2.45, 2.75) is 69.9 Å². The van der Waals surface area contributed by atoms with Crippen LogP contribution in [-0.4, -0.2) is 49.8 Å². The van der Waals surface area contributed by atoms with Crippen LogP contribution in [0.1, 0.15) is 46.0 Å². The molecular formula is C17H28N2O4. The monoisotopic (exact) mass is 324 g/mol. The predicted octanol–water partition coefficient (Wildman–Crippen LogP) is 1.78. The Bertz CT molecular complexity index is 465. The van der Waals surface area contributed by atoms with Crippen molar-refractivity contribution in [3.8, 4) is 0 Å². The van der Waals surface area contributed by atoms with Crippen LogP contribution in [0.15, 0.2) is 0 Å². The summed E-state index contributed by atoms with van der Waals surface area (Å²) in [7, 11) is 0. The summed E-state index contributed by atoms with van der Waals surface area (Å²) in [5.74, 6) is 0.115. The molecule has 0 aromatic rings. The zero-order chi connectivity index (χ0) is 16.1. The first-order valence-electron chi connectivity index (χ1n) is 8.97. The minimum Gasteiger partial charge on any atom is -0.377 e. The Kier molecular flexibility index (Phi) is 3.82.